The lowest BCUT2D eigenvalue weighted by molar-refractivity contribution is 0.593. The first-order chi connectivity index (χ1) is 14.8. The predicted molar refractivity (Wildman–Crippen MR) is 131 cm³/mol. The Labute approximate surface area is 187 Å². The van der Waals surface area contributed by atoms with Gasteiger partial charge in [-0.25, -0.2) is 13.4 Å². The fourth-order valence-electron chi connectivity index (χ4n) is 3.06. The molecule has 5 nitrogen and oxygen atoms in total. The molecule has 4 rings (SSSR count). The summed E-state index contributed by atoms with van der Waals surface area (Å²) < 4.78 is 27.7. The maximum absolute atomic E-state index is 12.0. The normalized spacial score (nSPS) is 11.7. The van der Waals surface area contributed by atoms with E-state index >= 15 is 0 Å². The van der Waals surface area contributed by atoms with Gasteiger partial charge in [0.1, 0.15) is 5.01 Å². The maximum Gasteiger partial charge on any atom is 0.235 e. The van der Waals surface area contributed by atoms with E-state index in [0.29, 0.717) is 12.2 Å². The molecule has 160 valence electrons. The first-order valence-electron chi connectivity index (χ1n) is 10.1. The Morgan fingerprint density at radius 2 is 1.61 bits per heavy atom. The zero-order valence-electron chi connectivity index (χ0n) is 17.7. The molecule has 3 aromatic carbocycles. The highest BCUT2D eigenvalue weighted by Crippen LogP contribution is 2.31. The first kappa shape index (κ1) is 21.3. The van der Waals surface area contributed by atoms with E-state index in [2.05, 4.69) is 59.4 Å². The number of nitrogens with one attached hydrogen (secondary N) is 2. The van der Waals surface area contributed by atoms with Crippen molar-refractivity contribution in [3.8, 4) is 10.6 Å². The fourth-order valence-corrected chi connectivity index (χ4v) is 4.83. The molecule has 0 aliphatic carbocycles. The van der Waals surface area contributed by atoms with Crippen LogP contribution in [0.3, 0.4) is 0 Å². The predicted octanol–water partition coefficient (Wildman–Crippen LogP) is 6.03. The number of thiazole rings is 1. The Morgan fingerprint density at radius 3 is 2.29 bits per heavy atom. The fraction of sp³-hybridized carbons (Fsp3) is 0.208. The number of fused-ring (bicyclic) bond motifs is 1. The molecule has 0 amide bonds. The molecular weight excluding hydrogens is 426 g/mol. The third kappa shape index (κ3) is 5.06. The lowest BCUT2D eigenvalue weighted by Gasteiger charge is -2.12. The number of rotatable bonds is 7. The van der Waals surface area contributed by atoms with Crippen molar-refractivity contribution in [1.29, 1.82) is 0 Å². The van der Waals surface area contributed by atoms with Crippen molar-refractivity contribution in [1.82, 2.24) is 4.98 Å². The van der Waals surface area contributed by atoms with Crippen LogP contribution in [0.2, 0.25) is 0 Å². The zero-order valence-corrected chi connectivity index (χ0v) is 19.3. The highest BCUT2D eigenvalue weighted by atomic mass is 32.2. The van der Waals surface area contributed by atoms with E-state index < -0.39 is 15.3 Å². The van der Waals surface area contributed by atoms with Crippen LogP contribution in [-0.2, 0) is 16.6 Å². The number of aryl methyl sites for hydroxylation is 1. The van der Waals surface area contributed by atoms with E-state index in [1.807, 2.05) is 12.1 Å². The number of benzene rings is 3. The van der Waals surface area contributed by atoms with Crippen molar-refractivity contribution in [3.63, 3.8) is 0 Å². The number of nitrogens with zero attached hydrogens (tertiary/aromatic N) is 1. The Morgan fingerprint density at radius 1 is 0.935 bits per heavy atom. The van der Waals surface area contributed by atoms with E-state index in [-0.39, 0.29) is 0 Å². The van der Waals surface area contributed by atoms with E-state index in [1.165, 1.54) is 10.3 Å². The summed E-state index contributed by atoms with van der Waals surface area (Å²) in [5.74, 6) is 0. The lowest BCUT2D eigenvalue weighted by Crippen LogP contribution is -2.22. The molecule has 4 aromatic rings. The quantitative estimate of drug-likeness (QED) is 0.360. The molecule has 0 unspecified atom stereocenters. The van der Waals surface area contributed by atoms with Crippen LogP contribution in [-0.4, -0.2) is 18.7 Å². The van der Waals surface area contributed by atoms with Crippen LogP contribution in [0.5, 0.6) is 0 Å². The number of hydrogen-bond donors (Lipinski definition) is 2. The summed E-state index contributed by atoms with van der Waals surface area (Å²) in [6.45, 7) is 6.06. The smallest absolute Gasteiger partial charge is 0.235 e. The second-order valence-electron chi connectivity index (χ2n) is 7.81. The molecule has 0 aliphatic rings. The van der Waals surface area contributed by atoms with Gasteiger partial charge >= 0.3 is 0 Å². The van der Waals surface area contributed by atoms with Crippen LogP contribution in [0.1, 0.15) is 25.0 Å². The van der Waals surface area contributed by atoms with E-state index in [1.54, 1.807) is 37.3 Å². The third-order valence-corrected chi connectivity index (χ3v) is 7.84. The number of hydrogen-bond acceptors (Lipinski definition) is 5. The van der Waals surface area contributed by atoms with Crippen molar-refractivity contribution < 1.29 is 8.42 Å². The van der Waals surface area contributed by atoms with Gasteiger partial charge in [-0.05, 0) is 80.4 Å². The second kappa shape index (κ2) is 8.69. The molecule has 0 aliphatic heterocycles. The molecule has 0 spiro atoms. The largest absolute Gasteiger partial charge is 0.381 e. The summed E-state index contributed by atoms with van der Waals surface area (Å²) >= 11 is 1.71. The third-order valence-electron chi connectivity index (χ3n) is 5.01. The van der Waals surface area contributed by atoms with Gasteiger partial charge < -0.3 is 5.32 Å². The van der Waals surface area contributed by atoms with Crippen LogP contribution in [0.15, 0.2) is 66.7 Å². The molecule has 0 radical (unpaired) electrons. The molecule has 0 saturated heterocycles. The highest BCUT2D eigenvalue weighted by molar-refractivity contribution is 7.93. The van der Waals surface area contributed by atoms with Crippen LogP contribution in [0, 0.1) is 6.92 Å². The summed E-state index contributed by atoms with van der Waals surface area (Å²) in [5.41, 5.74) is 6.04. The molecule has 0 fully saturated rings. The van der Waals surface area contributed by atoms with E-state index in [0.717, 1.165) is 27.3 Å². The SMILES string of the molecule is Cc1ccc2nc(-c3ccc(NCc4ccc(NS(=O)(=O)C(C)C)cc4)cc3)sc2c1. The summed E-state index contributed by atoms with van der Waals surface area (Å²) in [7, 11) is -3.33. The van der Waals surface area contributed by atoms with Crippen molar-refractivity contribution >= 4 is 43.0 Å². The molecule has 0 saturated carbocycles. The molecule has 0 bridgehead atoms. The average Bonchev–Trinajstić information content (AvgIpc) is 3.16. The summed E-state index contributed by atoms with van der Waals surface area (Å²) in [6.07, 6.45) is 0. The minimum atomic E-state index is -3.33. The van der Waals surface area contributed by atoms with Gasteiger partial charge in [0.2, 0.25) is 10.0 Å². The van der Waals surface area contributed by atoms with Gasteiger partial charge in [0, 0.05) is 23.5 Å². The monoisotopic (exact) mass is 451 g/mol. The van der Waals surface area contributed by atoms with Gasteiger partial charge in [-0.3, -0.25) is 4.72 Å². The second-order valence-corrected chi connectivity index (χ2v) is 11.1. The molecule has 0 atom stereocenters. The number of anilines is 2. The minimum absolute atomic E-state index is 0.469. The van der Waals surface area contributed by atoms with Crippen molar-refractivity contribution in [3.05, 3.63) is 77.9 Å². The summed E-state index contributed by atoms with van der Waals surface area (Å²) in [6, 6.07) is 22.0. The molecular formula is C24H25N3O2S2. The Hall–Kier alpha value is -2.90. The molecule has 7 heteroatoms. The van der Waals surface area contributed by atoms with Crippen LogP contribution in [0.4, 0.5) is 11.4 Å². The Kier molecular flexibility index (Phi) is 5.98. The Bertz CT molecular complexity index is 1290. The molecule has 1 heterocycles. The lowest BCUT2D eigenvalue weighted by atomic mass is 10.2. The first-order valence-corrected chi connectivity index (χ1v) is 12.5. The van der Waals surface area contributed by atoms with Gasteiger partial charge in [-0.15, -0.1) is 11.3 Å². The maximum atomic E-state index is 12.0. The van der Waals surface area contributed by atoms with Gasteiger partial charge in [0.25, 0.3) is 0 Å². The van der Waals surface area contributed by atoms with Gasteiger partial charge in [0.05, 0.1) is 15.5 Å². The summed E-state index contributed by atoms with van der Waals surface area (Å²) in [4.78, 5) is 4.74. The van der Waals surface area contributed by atoms with Crippen molar-refractivity contribution in [2.75, 3.05) is 10.0 Å². The highest BCUT2D eigenvalue weighted by Gasteiger charge is 2.15. The van der Waals surface area contributed by atoms with Gasteiger partial charge in [-0.1, -0.05) is 18.2 Å². The number of sulfonamides is 1. The van der Waals surface area contributed by atoms with Gasteiger partial charge in [0.15, 0.2) is 0 Å². The van der Waals surface area contributed by atoms with Crippen LogP contribution >= 0.6 is 11.3 Å². The van der Waals surface area contributed by atoms with Gasteiger partial charge in [-0.2, -0.15) is 0 Å². The topological polar surface area (TPSA) is 71.1 Å². The van der Waals surface area contributed by atoms with Crippen LogP contribution < -0.4 is 10.0 Å². The number of aromatic nitrogens is 1. The minimum Gasteiger partial charge on any atom is -0.381 e. The molecule has 31 heavy (non-hydrogen) atoms. The zero-order chi connectivity index (χ0) is 22.0. The van der Waals surface area contributed by atoms with E-state index in [9.17, 15) is 8.42 Å². The summed E-state index contributed by atoms with van der Waals surface area (Å²) in [5, 5.41) is 3.96. The standard InChI is InChI=1S/C24H25N3O2S2/c1-16(2)31(28,29)27-21-9-5-18(6-10-21)15-25-20-11-7-19(8-12-20)24-26-22-13-4-17(3)14-23(22)30-24/h4-14,16,25,27H,15H2,1-3H3. The Balaban J connectivity index is 1.39. The van der Waals surface area contributed by atoms with Crippen molar-refractivity contribution in [2.24, 2.45) is 0 Å². The molecule has 1 aromatic heterocycles. The van der Waals surface area contributed by atoms with E-state index in [4.69, 9.17) is 4.98 Å². The molecule has 2 N–H and O–H groups in total. The van der Waals surface area contributed by atoms with Crippen molar-refractivity contribution in [2.45, 2.75) is 32.6 Å². The van der Waals surface area contributed by atoms with Crippen LogP contribution in [0.25, 0.3) is 20.8 Å². The average molecular weight is 452 g/mol.